The van der Waals surface area contributed by atoms with E-state index in [0.717, 1.165) is 25.7 Å². The molecule has 1 fully saturated rings. The molecule has 0 spiro atoms. The summed E-state index contributed by atoms with van der Waals surface area (Å²) in [6.07, 6.45) is 6.39. The maximum Gasteiger partial charge on any atom is 0.330 e. The quantitative estimate of drug-likeness (QED) is 0.422. The van der Waals surface area contributed by atoms with Crippen molar-refractivity contribution >= 4 is 52.6 Å². The summed E-state index contributed by atoms with van der Waals surface area (Å²) >= 11 is 13.1. The number of urea groups is 1. The van der Waals surface area contributed by atoms with Crippen LogP contribution in [0.25, 0.3) is 0 Å². The van der Waals surface area contributed by atoms with E-state index in [2.05, 4.69) is 27.2 Å². The minimum atomic E-state index is -0.799. The van der Waals surface area contributed by atoms with Crippen LogP contribution in [0.1, 0.15) is 31.2 Å². The molecule has 1 aromatic heterocycles. The number of rotatable bonds is 9. The molecular weight excluding hydrogens is 538 g/mol. The molecule has 1 aliphatic carbocycles. The third-order valence-corrected chi connectivity index (χ3v) is 7.34. The van der Waals surface area contributed by atoms with E-state index >= 15 is 0 Å². The zero-order valence-electron chi connectivity index (χ0n) is 21.1. The van der Waals surface area contributed by atoms with Gasteiger partial charge in [0.25, 0.3) is 0 Å². The Balaban J connectivity index is 1.68. The first kappa shape index (κ1) is 27.7. The SMILES string of the molecule is C=CC(=O)NC1CCCCC1Nc1ncc2c(n1)N(CCF)C(=O)N(c1c(Cl)c(OC)cc(OC)c1Cl)C2. The van der Waals surface area contributed by atoms with E-state index in [1.807, 2.05) is 0 Å². The Hall–Kier alpha value is -3.31. The number of fused-ring (bicyclic) bond motifs is 1. The number of carbonyl (C=O) groups is 2. The van der Waals surface area contributed by atoms with Crippen molar-refractivity contribution in [2.75, 3.05) is 42.6 Å². The number of methoxy groups -OCH3 is 2. The molecule has 3 amide bonds. The summed E-state index contributed by atoms with van der Waals surface area (Å²) in [4.78, 5) is 37.1. The zero-order chi connectivity index (χ0) is 27.4. The summed E-state index contributed by atoms with van der Waals surface area (Å²) in [7, 11) is 2.87. The Morgan fingerprint density at radius 2 is 1.87 bits per heavy atom. The third kappa shape index (κ3) is 5.44. The lowest BCUT2D eigenvalue weighted by molar-refractivity contribution is -0.117. The van der Waals surface area contributed by atoms with E-state index in [0.29, 0.717) is 5.56 Å². The standard InChI is InChI=1S/C25H29Cl2FN6O4/c1-4-19(35)30-15-7-5-6-8-16(15)31-24-29-12-14-13-34(25(36)33(10-9-28)23(14)32-24)22-20(26)17(37-2)11-18(38-3)21(22)27/h4,11-12,15-16H,1,5-10,13H2,2-3H3,(H,30,35)(H,29,31,32). The normalized spacial score (nSPS) is 19.0. The number of hydrogen-bond donors (Lipinski definition) is 2. The van der Waals surface area contributed by atoms with Gasteiger partial charge in [-0.25, -0.2) is 14.2 Å². The fourth-order valence-electron chi connectivity index (χ4n) is 4.74. The molecule has 0 saturated heterocycles. The molecule has 204 valence electrons. The predicted octanol–water partition coefficient (Wildman–Crippen LogP) is 4.74. The number of alkyl halides is 1. The van der Waals surface area contributed by atoms with Crippen LogP contribution < -0.4 is 29.9 Å². The Bertz CT molecular complexity index is 1200. The van der Waals surface area contributed by atoms with Crippen LogP contribution in [-0.4, -0.2) is 61.4 Å². The Morgan fingerprint density at radius 3 is 2.47 bits per heavy atom. The number of amides is 3. The predicted molar refractivity (Wildman–Crippen MR) is 145 cm³/mol. The lowest BCUT2D eigenvalue weighted by Gasteiger charge is -2.37. The molecule has 2 aliphatic rings. The van der Waals surface area contributed by atoms with Gasteiger partial charge in [-0.15, -0.1) is 0 Å². The number of nitrogens with one attached hydrogen (secondary N) is 2. The second kappa shape index (κ2) is 12.0. The molecular formula is C25H29Cl2FN6O4. The second-order valence-corrected chi connectivity index (χ2v) is 9.62. The van der Waals surface area contributed by atoms with Crippen LogP contribution in [0.15, 0.2) is 24.9 Å². The molecule has 2 N–H and O–H groups in total. The van der Waals surface area contributed by atoms with Crippen LogP contribution in [0.2, 0.25) is 10.0 Å². The molecule has 1 aliphatic heterocycles. The van der Waals surface area contributed by atoms with Crippen molar-refractivity contribution in [1.82, 2.24) is 15.3 Å². The molecule has 1 aromatic carbocycles. The Labute approximate surface area is 230 Å². The third-order valence-electron chi connectivity index (χ3n) is 6.61. The number of aromatic nitrogens is 2. The highest BCUT2D eigenvalue weighted by atomic mass is 35.5. The van der Waals surface area contributed by atoms with Crippen molar-refractivity contribution in [3.05, 3.63) is 40.5 Å². The van der Waals surface area contributed by atoms with Crippen molar-refractivity contribution in [1.29, 1.82) is 0 Å². The van der Waals surface area contributed by atoms with Crippen molar-refractivity contribution in [3.8, 4) is 11.5 Å². The molecule has 38 heavy (non-hydrogen) atoms. The van der Waals surface area contributed by atoms with Crippen molar-refractivity contribution in [2.45, 2.75) is 44.3 Å². The van der Waals surface area contributed by atoms with Crippen LogP contribution in [0, 0.1) is 0 Å². The van der Waals surface area contributed by atoms with Gasteiger partial charge < -0.3 is 20.1 Å². The molecule has 2 aromatic rings. The van der Waals surface area contributed by atoms with Gasteiger partial charge in [0.2, 0.25) is 11.9 Å². The fraction of sp³-hybridized carbons (Fsp3) is 0.440. The van der Waals surface area contributed by atoms with Gasteiger partial charge in [0, 0.05) is 29.9 Å². The summed E-state index contributed by atoms with van der Waals surface area (Å²) in [6.45, 7) is 2.51. The van der Waals surface area contributed by atoms with Crippen molar-refractivity contribution in [3.63, 3.8) is 0 Å². The lowest BCUT2D eigenvalue weighted by atomic mass is 9.90. The first-order valence-corrected chi connectivity index (χ1v) is 12.9. The smallest absolute Gasteiger partial charge is 0.330 e. The molecule has 0 bridgehead atoms. The van der Waals surface area contributed by atoms with Gasteiger partial charge >= 0.3 is 6.03 Å². The average molecular weight is 567 g/mol. The summed E-state index contributed by atoms with van der Waals surface area (Å²) in [5.41, 5.74) is 0.743. The number of carbonyl (C=O) groups excluding carboxylic acids is 2. The second-order valence-electron chi connectivity index (χ2n) is 8.86. The Kier molecular flexibility index (Phi) is 8.78. The van der Waals surface area contributed by atoms with Gasteiger partial charge in [-0.05, 0) is 18.9 Å². The maximum atomic E-state index is 13.6. The summed E-state index contributed by atoms with van der Waals surface area (Å²) in [6, 6.07) is 0.721. The number of nitrogens with zero attached hydrogens (tertiary/aromatic N) is 4. The Morgan fingerprint density at radius 1 is 1.21 bits per heavy atom. The van der Waals surface area contributed by atoms with Gasteiger partial charge in [0.15, 0.2) is 0 Å². The van der Waals surface area contributed by atoms with E-state index in [4.69, 9.17) is 32.7 Å². The van der Waals surface area contributed by atoms with E-state index in [9.17, 15) is 14.0 Å². The minimum absolute atomic E-state index is 0.0362. The lowest BCUT2D eigenvalue weighted by Crippen LogP contribution is -2.50. The largest absolute Gasteiger partial charge is 0.495 e. The summed E-state index contributed by atoms with van der Waals surface area (Å²) < 4.78 is 24.3. The van der Waals surface area contributed by atoms with Gasteiger partial charge in [0.05, 0.1) is 33.0 Å². The summed E-state index contributed by atoms with van der Waals surface area (Å²) in [5, 5.41) is 6.46. The molecule has 2 unspecified atom stereocenters. The molecule has 4 rings (SSSR count). The minimum Gasteiger partial charge on any atom is -0.495 e. The molecule has 13 heteroatoms. The van der Waals surface area contributed by atoms with Crippen LogP contribution in [0.3, 0.4) is 0 Å². The summed E-state index contributed by atoms with van der Waals surface area (Å²) in [5.74, 6) is 0.838. The van der Waals surface area contributed by atoms with Crippen LogP contribution >= 0.6 is 23.2 Å². The van der Waals surface area contributed by atoms with Crippen LogP contribution in [0.4, 0.5) is 26.6 Å². The van der Waals surface area contributed by atoms with Crippen LogP contribution in [0.5, 0.6) is 11.5 Å². The van der Waals surface area contributed by atoms with Crippen molar-refractivity contribution < 1.29 is 23.5 Å². The van der Waals surface area contributed by atoms with E-state index in [1.54, 1.807) is 6.20 Å². The zero-order valence-corrected chi connectivity index (χ0v) is 22.6. The first-order chi connectivity index (χ1) is 18.3. The topological polar surface area (TPSA) is 109 Å². The highest BCUT2D eigenvalue weighted by Gasteiger charge is 2.37. The average Bonchev–Trinajstić information content (AvgIpc) is 2.92. The number of halogens is 3. The maximum absolute atomic E-state index is 13.6. The van der Waals surface area contributed by atoms with Crippen LogP contribution in [-0.2, 0) is 11.3 Å². The van der Waals surface area contributed by atoms with E-state index in [-0.39, 0.29) is 70.1 Å². The molecule has 2 atom stereocenters. The molecule has 1 saturated carbocycles. The fourth-order valence-corrected chi connectivity index (χ4v) is 5.45. The monoisotopic (exact) mass is 566 g/mol. The van der Waals surface area contributed by atoms with Gasteiger partial charge in [0.1, 0.15) is 34.0 Å². The number of hydrogen-bond acceptors (Lipinski definition) is 7. The highest BCUT2D eigenvalue weighted by Crippen LogP contribution is 2.48. The van der Waals surface area contributed by atoms with Gasteiger partial charge in [-0.2, -0.15) is 4.98 Å². The van der Waals surface area contributed by atoms with E-state index < -0.39 is 12.7 Å². The molecule has 10 nitrogen and oxygen atoms in total. The van der Waals surface area contributed by atoms with E-state index in [1.165, 1.54) is 36.2 Å². The van der Waals surface area contributed by atoms with Crippen molar-refractivity contribution in [2.24, 2.45) is 0 Å². The van der Waals surface area contributed by atoms with Gasteiger partial charge in [-0.3, -0.25) is 14.6 Å². The number of ether oxygens (including phenoxy) is 2. The van der Waals surface area contributed by atoms with Gasteiger partial charge in [-0.1, -0.05) is 42.6 Å². The molecule has 2 heterocycles. The molecule has 0 radical (unpaired) electrons. The highest BCUT2D eigenvalue weighted by molar-refractivity contribution is 6.42. The number of anilines is 3. The first-order valence-electron chi connectivity index (χ1n) is 12.1. The number of benzene rings is 1.